The van der Waals surface area contributed by atoms with Crippen molar-refractivity contribution in [3.63, 3.8) is 0 Å². The predicted molar refractivity (Wildman–Crippen MR) is 105 cm³/mol. The minimum atomic E-state index is -0.776. The van der Waals surface area contributed by atoms with Gasteiger partial charge in [-0.1, -0.05) is 38.7 Å². The van der Waals surface area contributed by atoms with Crippen molar-refractivity contribution in [2.45, 2.75) is 46.0 Å². The molecule has 25 heavy (non-hydrogen) atoms. The van der Waals surface area contributed by atoms with E-state index >= 15 is 0 Å². The molecule has 2 aliphatic rings. The van der Waals surface area contributed by atoms with E-state index in [1.807, 2.05) is 6.08 Å². The van der Waals surface area contributed by atoms with Crippen molar-refractivity contribution in [2.24, 2.45) is 5.41 Å². The lowest BCUT2D eigenvalue weighted by Gasteiger charge is -2.29. The fourth-order valence-electron chi connectivity index (χ4n) is 3.65. The summed E-state index contributed by atoms with van der Waals surface area (Å²) < 4.78 is 0. The second-order valence-corrected chi connectivity index (χ2v) is 8.99. The highest BCUT2D eigenvalue weighted by Crippen LogP contribution is 2.41. The minimum Gasteiger partial charge on any atom is -0.478 e. The number of hydrogen-bond acceptors (Lipinski definition) is 3. The highest BCUT2D eigenvalue weighted by molar-refractivity contribution is 7.12. The highest BCUT2D eigenvalue weighted by Gasteiger charge is 2.32. The maximum absolute atomic E-state index is 11.8. The van der Waals surface area contributed by atoms with Crippen molar-refractivity contribution in [2.75, 3.05) is 13.1 Å². The number of aromatic carboxylic acids is 1. The van der Waals surface area contributed by atoms with Gasteiger partial charge in [0.25, 0.3) is 0 Å². The number of carboxylic acids is 1. The summed E-state index contributed by atoms with van der Waals surface area (Å²) in [7, 11) is 0. The third kappa shape index (κ3) is 4.13. The Balaban J connectivity index is 1.78. The molecule has 134 valence electrons. The maximum Gasteiger partial charge on any atom is 0.337 e. The van der Waals surface area contributed by atoms with Gasteiger partial charge in [0.1, 0.15) is 0 Å². The second-order valence-electron chi connectivity index (χ2n) is 7.80. The molecule has 1 aromatic heterocycles. The van der Waals surface area contributed by atoms with E-state index in [1.54, 1.807) is 11.3 Å². The maximum atomic E-state index is 11.8. The second kappa shape index (κ2) is 7.30. The highest BCUT2D eigenvalue weighted by atomic mass is 32.1. The van der Waals surface area contributed by atoms with Crippen LogP contribution in [-0.4, -0.2) is 24.2 Å². The number of rotatable bonds is 4. The molecule has 3 rings (SSSR count). The Morgan fingerprint density at radius 2 is 2.20 bits per heavy atom. The van der Waals surface area contributed by atoms with Gasteiger partial charge >= 0.3 is 5.97 Å². The fraction of sp³-hybridized carbons (Fsp3) is 0.476. The monoisotopic (exact) mass is 357 g/mol. The van der Waals surface area contributed by atoms with Crippen LogP contribution in [0.2, 0.25) is 0 Å². The Bertz CT molecular complexity index is 752. The first-order valence-electron chi connectivity index (χ1n) is 8.99. The van der Waals surface area contributed by atoms with Crippen LogP contribution in [-0.2, 0) is 19.3 Å². The van der Waals surface area contributed by atoms with Gasteiger partial charge in [0.2, 0.25) is 0 Å². The number of carbonyl (C=O) groups is 1. The Kier molecular flexibility index (Phi) is 5.30. The molecule has 3 nitrogen and oxygen atoms in total. The lowest BCUT2D eigenvalue weighted by molar-refractivity contribution is 0.0694. The molecule has 0 amide bonds. The van der Waals surface area contributed by atoms with E-state index in [9.17, 15) is 9.90 Å². The molecular weight excluding hydrogens is 330 g/mol. The zero-order valence-electron chi connectivity index (χ0n) is 15.2. The summed E-state index contributed by atoms with van der Waals surface area (Å²) in [6.07, 6.45) is 10.9. The molecule has 0 radical (unpaired) electrons. The smallest absolute Gasteiger partial charge is 0.337 e. The lowest BCUT2D eigenvalue weighted by Crippen LogP contribution is -2.25. The number of thiophene rings is 1. The van der Waals surface area contributed by atoms with Crippen molar-refractivity contribution >= 4 is 17.3 Å². The van der Waals surface area contributed by atoms with Crippen LogP contribution in [0.5, 0.6) is 0 Å². The van der Waals surface area contributed by atoms with Crippen LogP contribution < -0.4 is 5.32 Å². The van der Waals surface area contributed by atoms with Crippen molar-refractivity contribution < 1.29 is 9.90 Å². The molecule has 0 unspecified atom stereocenters. The fourth-order valence-corrected chi connectivity index (χ4v) is 4.94. The van der Waals surface area contributed by atoms with E-state index in [1.165, 1.54) is 16.0 Å². The number of carboxylic acid groups (broad SMARTS) is 1. The summed E-state index contributed by atoms with van der Waals surface area (Å²) in [6, 6.07) is 0. The Morgan fingerprint density at radius 1 is 1.40 bits per heavy atom. The molecule has 2 heterocycles. The van der Waals surface area contributed by atoms with Gasteiger partial charge in [0.15, 0.2) is 0 Å². The van der Waals surface area contributed by atoms with Crippen LogP contribution in [0.3, 0.4) is 0 Å². The lowest BCUT2D eigenvalue weighted by atomic mass is 9.76. The zero-order valence-corrected chi connectivity index (χ0v) is 16.0. The molecule has 1 aromatic rings. The quantitative estimate of drug-likeness (QED) is 0.832. The van der Waals surface area contributed by atoms with Crippen molar-refractivity contribution in [3.05, 3.63) is 56.8 Å². The third-order valence-electron chi connectivity index (χ3n) is 5.17. The number of aryl methyl sites for hydroxylation is 1. The van der Waals surface area contributed by atoms with E-state index in [4.69, 9.17) is 0 Å². The zero-order chi connectivity index (χ0) is 18.0. The molecule has 4 heteroatoms. The van der Waals surface area contributed by atoms with Gasteiger partial charge in [-0.25, -0.2) is 4.79 Å². The van der Waals surface area contributed by atoms with Gasteiger partial charge in [-0.3, -0.25) is 0 Å². The van der Waals surface area contributed by atoms with Gasteiger partial charge in [-0.15, -0.1) is 11.3 Å². The van der Waals surface area contributed by atoms with E-state index in [-0.39, 0.29) is 5.41 Å². The SMILES string of the molecule is C=C1CCNC/C1=C/C=C\Cc1sc2c(c1C(=O)O)CC(C)(C)CC2. The normalized spacial score (nSPS) is 21.7. The van der Waals surface area contributed by atoms with Crippen LogP contribution >= 0.6 is 11.3 Å². The average molecular weight is 358 g/mol. The van der Waals surface area contributed by atoms with Crippen LogP contribution in [0.25, 0.3) is 0 Å². The van der Waals surface area contributed by atoms with E-state index in [2.05, 4.69) is 37.9 Å². The van der Waals surface area contributed by atoms with E-state index in [0.29, 0.717) is 12.0 Å². The molecule has 1 aliphatic carbocycles. The van der Waals surface area contributed by atoms with Crippen molar-refractivity contribution in [1.82, 2.24) is 5.32 Å². The van der Waals surface area contributed by atoms with E-state index < -0.39 is 5.97 Å². The summed E-state index contributed by atoms with van der Waals surface area (Å²) in [6.45, 7) is 10.4. The first-order chi connectivity index (χ1) is 11.9. The first kappa shape index (κ1) is 18.2. The molecule has 0 atom stereocenters. The summed E-state index contributed by atoms with van der Waals surface area (Å²) in [5.41, 5.74) is 4.29. The third-order valence-corrected chi connectivity index (χ3v) is 6.49. The van der Waals surface area contributed by atoms with Crippen molar-refractivity contribution in [3.8, 4) is 0 Å². The molecular formula is C21H27NO2S. The van der Waals surface area contributed by atoms with Crippen molar-refractivity contribution in [1.29, 1.82) is 0 Å². The number of hydrogen-bond donors (Lipinski definition) is 2. The predicted octanol–water partition coefficient (Wildman–Crippen LogP) is 4.54. The molecule has 0 aromatic carbocycles. The molecule has 1 fully saturated rings. The molecule has 1 saturated heterocycles. The molecule has 0 saturated carbocycles. The summed E-state index contributed by atoms with van der Waals surface area (Å²) in [4.78, 5) is 14.1. The van der Waals surface area contributed by atoms with Crippen LogP contribution in [0.15, 0.2) is 36.0 Å². The van der Waals surface area contributed by atoms with Crippen LogP contribution in [0.1, 0.15) is 52.4 Å². The Labute approximate surface area is 154 Å². The molecule has 1 aliphatic heterocycles. The topological polar surface area (TPSA) is 49.3 Å². The van der Waals surface area contributed by atoms with Gasteiger partial charge in [-0.2, -0.15) is 0 Å². The molecule has 2 N–H and O–H groups in total. The summed E-state index contributed by atoms with van der Waals surface area (Å²) >= 11 is 1.69. The number of fused-ring (bicyclic) bond motifs is 1. The average Bonchev–Trinajstić information content (AvgIpc) is 2.89. The van der Waals surface area contributed by atoms with Crippen LogP contribution in [0, 0.1) is 5.41 Å². The number of piperidine rings is 1. The molecule has 0 spiro atoms. The Morgan fingerprint density at radius 3 is 2.92 bits per heavy atom. The number of allylic oxidation sites excluding steroid dienone is 3. The largest absolute Gasteiger partial charge is 0.478 e. The van der Waals surface area contributed by atoms with Gasteiger partial charge in [-0.05, 0) is 54.4 Å². The number of nitrogens with one attached hydrogen (secondary N) is 1. The minimum absolute atomic E-state index is 0.199. The van der Waals surface area contributed by atoms with Gasteiger partial charge < -0.3 is 10.4 Å². The standard InChI is InChI=1S/C21H27NO2S/c1-14-9-11-22-13-15(14)6-4-5-7-18-19(20(23)24)16-12-21(2,3)10-8-17(16)25-18/h4-6,22H,1,7-13H2,2-3H3,(H,23,24)/b5-4-,15-6-. The van der Waals surface area contributed by atoms with Gasteiger partial charge in [0.05, 0.1) is 5.56 Å². The first-order valence-corrected chi connectivity index (χ1v) is 9.80. The molecule has 0 bridgehead atoms. The summed E-state index contributed by atoms with van der Waals surface area (Å²) in [5, 5.41) is 13.1. The van der Waals surface area contributed by atoms with Crippen LogP contribution in [0.4, 0.5) is 0 Å². The summed E-state index contributed by atoms with van der Waals surface area (Å²) in [5.74, 6) is -0.776. The van der Waals surface area contributed by atoms with E-state index in [0.717, 1.165) is 49.2 Å². The van der Waals surface area contributed by atoms with Gasteiger partial charge in [0, 0.05) is 22.7 Å². The Hall–Kier alpha value is -1.65.